The van der Waals surface area contributed by atoms with Gasteiger partial charge in [-0.2, -0.15) is 0 Å². The summed E-state index contributed by atoms with van der Waals surface area (Å²) in [5.74, 6) is 0.129. The minimum atomic E-state index is -0.0917. The van der Waals surface area contributed by atoms with Gasteiger partial charge in [0.15, 0.2) is 0 Å². The van der Waals surface area contributed by atoms with E-state index in [4.69, 9.17) is 5.11 Å². The molecule has 0 saturated heterocycles. The van der Waals surface area contributed by atoms with Gasteiger partial charge in [-0.3, -0.25) is 9.59 Å². The first-order valence-corrected chi connectivity index (χ1v) is 7.46. The summed E-state index contributed by atoms with van der Waals surface area (Å²) in [4.78, 5) is 25.6. The number of hydrogen-bond acceptors (Lipinski definition) is 3. The van der Waals surface area contributed by atoms with Gasteiger partial charge in [0.2, 0.25) is 5.91 Å². The predicted octanol–water partition coefficient (Wildman–Crippen LogP) is 1.88. The molecule has 2 amide bonds. The van der Waals surface area contributed by atoms with Crippen LogP contribution in [0.2, 0.25) is 0 Å². The molecule has 0 aliphatic heterocycles. The van der Waals surface area contributed by atoms with Crippen LogP contribution >= 0.6 is 0 Å². The number of nitrogens with one attached hydrogen (secondary N) is 1. The van der Waals surface area contributed by atoms with Gasteiger partial charge in [0.1, 0.15) is 0 Å². The van der Waals surface area contributed by atoms with Gasteiger partial charge in [0.25, 0.3) is 5.91 Å². The lowest BCUT2D eigenvalue weighted by atomic mass is 10.1. The van der Waals surface area contributed by atoms with E-state index in [0.717, 1.165) is 19.3 Å². The van der Waals surface area contributed by atoms with Crippen LogP contribution in [0.25, 0.3) is 0 Å². The SMILES string of the molecule is CCCN(CCO)C(=O)c1ccc(NC(=O)C2CC2)cc1. The maximum atomic E-state index is 12.3. The largest absolute Gasteiger partial charge is 0.395 e. The van der Waals surface area contributed by atoms with Crippen LogP contribution in [0.1, 0.15) is 36.5 Å². The maximum absolute atomic E-state index is 12.3. The number of nitrogens with zero attached hydrogens (tertiary/aromatic N) is 1. The topological polar surface area (TPSA) is 69.6 Å². The molecule has 1 fully saturated rings. The molecule has 0 radical (unpaired) electrons. The van der Waals surface area contributed by atoms with E-state index < -0.39 is 0 Å². The molecule has 0 aromatic heterocycles. The molecule has 1 aromatic carbocycles. The van der Waals surface area contributed by atoms with E-state index in [1.165, 1.54) is 0 Å². The lowest BCUT2D eigenvalue weighted by Crippen LogP contribution is -2.34. The molecule has 0 unspecified atom stereocenters. The Hall–Kier alpha value is -1.88. The van der Waals surface area contributed by atoms with Crippen molar-refractivity contribution in [3.05, 3.63) is 29.8 Å². The van der Waals surface area contributed by atoms with Gasteiger partial charge < -0.3 is 15.3 Å². The normalized spacial score (nSPS) is 13.8. The quantitative estimate of drug-likeness (QED) is 0.805. The third-order valence-corrected chi connectivity index (χ3v) is 3.50. The second-order valence-corrected chi connectivity index (χ2v) is 5.36. The molecule has 0 heterocycles. The number of aliphatic hydroxyl groups excluding tert-OH is 1. The van der Waals surface area contributed by atoms with Crippen molar-refractivity contribution in [2.75, 3.05) is 25.0 Å². The van der Waals surface area contributed by atoms with Crippen molar-refractivity contribution >= 4 is 17.5 Å². The molecule has 1 aliphatic rings. The highest BCUT2D eigenvalue weighted by Gasteiger charge is 2.29. The lowest BCUT2D eigenvalue weighted by Gasteiger charge is -2.21. The van der Waals surface area contributed by atoms with Crippen molar-refractivity contribution < 1.29 is 14.7 Å². The number of amides is 2. The van der Waals surface area contributed by atoms with Crippen molar-refractivity contribution in [3.63, 3.8) is 0 Å². The van der Waals surface area contributed by atoms with Crippen molar-refractivity contribution in [2.45, 2.75) is 26.2 Å². The van der Waals surface area contributed by atoms with Crippen LogP contribution in [0.5, 0.6) is 0 Å². The molecule has 2 rings (SSSR count). The summed E-state index contributed by atoms with van der Waals surface area (Å²) < 4.78 is 0. The third kappa shape index (κ3) is 4.29. The summed E-state index contributed by atoms with van der Waals surface area (Å²) in [6.45, 7) is 2.92. The average molecular weight is 290 g/mol. The Morgan fingerprint density at radius 3 is 2.43 bits per heavy atom. The van der Waals surface area contributed by atoms with Crippen LogP contribution in [0.4, 0.5) is 5.69 Å². The summed E-state index contributed by atoms with van der Waals surface area (Å²) in [5, 5.41) is 11.9. The zero-order valence-corrected chi connectivity index (χ0v) is 12.3. The second kappa shape index (κ2) is 7.22. The van der Waals surface area contributed by atoms with Gasteiger partial charge in [-0.05, 0) is 43.5 Å². The first kappa shape index (κ1) is 15.5. The Kier molecular flexibility index (Phi) is 5.33. The highest BCUT2D eigenvalue weighted by molar-refractivity contribution is 5.96. The van der Waals surface area contributed by atoms with E-state index in [2.05, 4.69) is 5.32 Å². The van der Waals surface area contributed by atoms with Gasteiger partial charge in [-0.1, -0.05) is 6.92 Å². The standard InChI is InChI=1S/C16H22N2O3/c1-2-9-18(10-11-19)16(21)13-5-7-14(8-6-13)17-15(20)12-3-4-12/h5-8,12,19H,2-4,9-11H2,1H3,(H,17,20). The predicted molar refractivity (Wildman–Crippen MR) is 81.1 cm³/mol. The van der Waals surface area contributed by atoms with Gasteiger partial charge in [-0.15, -0.1) is 0 Å². The fourth-order valence-electron chi connectivity index (χ4n) is 2.17. The van der Waals surface area contributed by atoms with Gasteiger partial charge in [0, 0.05) is 30.3 Å². The molecule has 0 atom stereocenters. The number of carbonyl (C=O) groups is 2. The van der Waals surface area contributed by atoms with E-state index in [1.54, 1.807) is 29.2 Å². The summed E-state index contributed by atoms with van der Waals surface area (Å²) in [6.07, 6.45) is 2.78. The zero-order valence-electron chi connectivity index (χ0n) is 12.3. The van der Waals surface area contributed by atoms with E-state index in [-0.39, 0.29) is 24.3 Å². The van der Waals surface area contributed by atoms with E-state index in [9.17, 15) is 9.59 Å². The molecule has 0 bridgehead atoms. The Morgan fingerprint density at radius 2 is 1.90 bits per heavy atom. The molecule has 114 valence electrons. The van der Waals surface area contributed by atoms with Crippen LogP contribution in [0, 0.1) is 5.92 Å². The Bertz CT molecular complexity index is 489. The first-order chi connectivity index (χ1) is 10.2. The molecule has 1 aromatic rings. The summed E-state index contributed by atoms with van der Waals surface area (Å²) in [6, 6.07) is 6.92. The van der Waals surface area contributed by atoms with Gasteiger partial charge in [0.05, 0.1) is 6.61 Å². The third-order valence-electron chi connectivity index (χ3n) is 3.50. The molecular weight excluding hydrogens is 268 g/mol. The fraction of sp³-hybridized carbons (Fsp3) is 0.500. The summed E-state index contributed by atoms with van der Waals surface area (Å²) in [5.41, 5.74) is 1.29. The maximum Gasteiger partial charge on any atom is 0.253 e. The number of rotatable bonds is 7. The molecular formula is C16H22N2O3. The van der Waals surface area contributed by atoms with Gasteiger partial charge >= 0.3 is 0 Å². The van der Waals surface area contributed by atoms with E-state index >= 15 is 0 Å². The van der Waals surface area contributed by atoms with Gasteiger partial charge in [-0.25, -0.2) is 0 Å². The first-order valence-electron chi connectivity index (χ1n) is 7.46. The Balaban J connectivity index is 1.99. The summed E-state index contributed by atoms with van der Waals surface area (Å²) >= 11 is 0. The molecule has 5 heteroatoms. The molecule has 1 aliphatic carbocycles. The fourth-order valence-corrected chi connectivity index (χ4v) is 2.17. The van der Waals surface area contributed by atoms with E-state index in [0.29, 0.717) is 24.3 Å². The molecule has 2 N–H and O–H groups in total. The monoisotopic (exact) mass is 290 g/mol. The van der Waals surface area contributed by atoms with Crippen LogP contribution in [-0.2, 0) is 4.79 Å². The zero-order chi connectivity index (χ0) is 15.2. The highest BCUT2D eigenvalue weighted by atomic mass is 16.3. The van der Waals surface area contributed by atoms with Crippen LogP contribution < -0.4 is 5.32 Å². The Labute approximate surface area is 125 Å². The second-order valence-electron chi connectivity index (χ2n) is 5.36. The number of carbonyl (C=O) groups excluding carboxylic acids is 2. The highest BCUT2D eigenvalue weighted by Crippen LogP contribution is 2.30. The minimum Gasteiger partial charge on any atom is -0.395 e. The van der Waals surface area contributed by atoms with Crippen molar-refractivity contribution in [1.82, 2.24) is 4.90 Å². The lowest BCUT2D eigenvalue weighted by molar-refractivity contribution is -0.117. The minimum absolute atomic E-state index is 0.0404. The Morgan fingerprint density at radius 1 is 1.24 bits per heavy atom. The van der Waals surface area contributed by atoms with Crippen LogP contribution in [-0.4, -0.2) is 41.5 Å². The number of anilines is 1. The molecule has 5 nitrogen and oxygen atoms in total. The number of hydrogen-bond donors (Lipinski definition) is 2. The number of aliphatic hydroxyl groups is 1. The summed E-state index contributed by atoms with van der Waals surface area (Å²) in [7, 11) is 0. The smallest absolute Gasteiger partial charge is 0.253 e. The van der Waals surface area contributed by atoms with Crippen LogP contribution in [0.15, 0.2) is 24.3 Å². The van der Waals surface area contributed by atoms with Crippen molar-refractivity contribution in [1.29, 1.82) is 0 Å². The number of benzene rings is 1. The molecule has 1 saturated carbocycles. The average Bonchev–Trinajstić information content (AvgIpc) is 3.32. The van der Waals surface area contributed by atoms with E-state index in [1.807, 2.05) is 6.92 Å². The van der Waals surface area contributed by atoms with Crippen LogP contribution in [0.3, 0.4) is 0 Å². The molecule has 0 spiro atoms. The molecule has 21 heavy (non-hydrogen) atoms. The van der Waals surface area contributed by atoms with Crippen molar-refractivity contribution in [2.24, 2.45) is 5.92 Å². The van der Waals surface area contributed by atoms with Crippen molar-refractivity contribution in [3.8, 4) is 0 Å².